The second-order valence-corrected chi connectivity index (χ2v) is 2.81. The Morgan fingerprint density at radius 2 is 1.93 bits per heavy atom. The number of rotatable bonds is 3. The Balaban J connectivity index is 0.000000791. The minimum atomic E-state index is -2.49. The van der Waals surface area contributed by atoms with Crippen LogP contribution in [0, 0.1) is 0 Å². The predicted octanol–water partition coefficient (Wildman–Crippen LogP) is 3.19. The molecule has 82 valence electrons. The Morgan fingerprint density at radius 1 is 1.36 bits per heavy atom. The van der Waals surface area contributed by atoms with Crippen molar-refractivity contribution in [2.45, 2.75) is 40.2 Å². The van der Waals surface area contributed by atoms with Gasteiger partial charge in [-0.2, -0.15) is 5.10 Å². The molecular formula is C9H17F2N3. The van der Waals surface area contributed by atoms with E-state index in [1.165, 1.54) is 6.07 Å². The summed E-state index contributed by atoms with van der Waals surface area (Å²) in [5.41, 5.74) is -0.154. The number of anilines is 1. The lowest BCUT2D eigenvalue weighted by Gasteiger charge is -2.04. The summed E-state index contributed by atoms with van der Waals surface area (Å²) in [6.45, 7) is 7.83. The van der Waals surface area contributed by atoms with E-state index in [0.717, 1.165) is 0 Å². The SMILES string of the molecule is CC.CC(C)Nc1cc(C(F)F)[nH]n1. The molecule has 1 heterocycles. The van der Waals surface area contributed by atoms with Crippen molar-refractivity contribution in [3.05, 3.63) is 11.8 Å². The highest BCUT2D eigenvalue weighted by molar-refractivity contribution is 5.36. The van der Waals surface area contributed by atoms with E-state index < -0.39 is 6.43 Å². The van der Waals surface area contributed by atoms with Gasteiger partial charge >= 0.3 is 0 Å². The Hall–Kier alpha value is -1.13. The molecule has 0 aliphatic carbocycles. The van der Waals surface area contributed by atoms with E-state index >= 15 is 0 Å². The van der Waals surface area contributed by atoms with Gasteiger partial charge in [0.15, 0.2) is 0 Å². The second kappa shape index (κ2) is 6.34. The molecule has 1 aromatic heterocycles. The smallest absolute Gasteiger partial charge is 0.279 e. The van der Waals surface area contributed by atoms with Crippen LogP contribution in [0.4, 0.5) is 14.6 Å². The topological polar surface area (TPSA) is 40.7 Å². The average molecular weight is 205 g/mol. The standard InChI is InChI=1S/C7H11F2N3.C2H6/c1-4(2)10-6-3-5(7(8)9)11-12-6;1-2/h3-4,7H,1-2H3,(H2,10,11,12);1-2H3. The maximum Gasteiger partial charge on any atom is 0.279 e. The van der Waals surface area contributed by atoms with Crippen LogP contribution in [0.5, 0.6) is 0 Å². The third kappa shape index (κ3) is 4.20. The van der Waals surface area contributed by atoms with Gasteiger partial charge in [-0.1, -0.05) is 13.8 Å². The first-order valence-electron chi connectivity index (χ1n) is 4.69. The van der Waals surface area contributed by atoms with Gasteiger partial charge in [-0.05, 0) is 13.8 Å². The Kier molecular flexibility index (Phi) is 5.83. The molecule has 0 aromatic carbocycles. The third-order valence-corrected chi connectivity index (χ3v) is 1.27. The van der Waals surface area contributed by atoms with Crippen LogP contribution in [0.3, 0.4) is 0 Å². The zero-order valence-electron chi connectivity index (χ0n) is 8.94. The van der Waals surface area contributed by atoms with E-state index in [1.807, 2.05) is 27.7 Å². The highest BCUT2D eigenvalue weighted by Crippen LogP contribution is 2.18. The van der Waals surface area contributed by atoms with Crippen molar-refractivity contribution in [1.29, 1.82) is 0 Å². The molecule has 3 nitrogen and oxygen atoms in total. The third-order valence-electron chi connectivity index (χ3n) is 1.27. The molecule has 0 saturated carbocycles. The van der Waals surface area contributed by atoms with Crippen molar-refractivity contribution in [1.82, 2.24) is 10.2 Å². The van der Waals surface area contributed by atoms with Crippen LogP contribution in [-0.4, -0.2) is 16.2 Å². The number of nitrogens with one attached hydrogen (secondary N) is 2. The zero-order chi connectivity index (χ0) is 11.1. The molecule has 0 amide bonds. The van der Waals surface area contributed by atoms with E-state index in [-0.39, 0.29) is 11.7 Å². The molecule has 1 aromatic rings. The summed E-state index contributed by atoms with van der Waals surface area (Å²) in [5, 5.41) is 8.81. The first-order valence-corrected chi connectivity index (χ1v) is 4.69. The molecule has 0 spiro atoms. The maximum atomic E-state index is 12.0. The van der Waals surface area contributed by atoms with Gasteiger partial charge in [0.1, 0.15) is 11.5 Å². The molecule has 1 rings (SSSR count). The molecule has 0 aliphatic rings. The van der Waals surface area contributed by atoms with Crippen molar-refractivity contribution in [3.8, 4) is 0 Å². The minimum Gasteiger partial charge on any atom is -0.366 e. The van der Waals surface area contributed by atoms with Crippen LogP contribution in [0.1, 0.15) is 39.8 Å². The monoisotopic (exact) mass is 205 g/mol. The van der Waals surface area contributed by atoms with Crippen LogP contribution >= 0.6 is 0 Å². The molecule has 0 saturated heterocycles. The molecule has 0 atom stereocenters. The van der Waals surface area contributed by atoms with Crippen molar-refractivity contribution in [2.24, 2.45) is 0 Å². The highest BCUT2D eigenvalue weighted by Gasteiger charge is 2.10. The summed E-state index contributed by atoms with van der Waals surface area (Å²) in [4.78, 5) is 0. The molecule has 0 unspecified atom stereocenters. The summed E-state index contributed by atoms with van der Waals surface area (Å²) in [6, 6.07) is 1.50. The minimum absolute atomic E-state index is 0.154. The first-order chi connectivity index (χ1) is 6.59. The van der Waals surface area contributed by atoms with Crippen LogP contribution in [0.15, 0.2) is 6.07 Å². The number of alkyl halides is 2. The fourth-order valence-electron chi connectivity index (χ4n) is 0.818. The largest absolute Gasteiger partial charge is 0.366 e. The van der Waals surface area contributed by atoms with Crippen molar-refractivity contribution < 1.29 is 8.78 Å². The molecule has 0 aliphatic heterocycles. The van der Waals surface area contributed by atoms with Gasteiger partial charge in [-0.3, -0.25) is 5.10 Å². The lowest BCUT2D eigenvalue weighted by molar-refractivity contribution is 0.146. The fraction of sp³-hybridized carbons (Fsp3) is 0.667. The highest BCUT2D eigenvalue weighted by atomic mass is 19.3. The molecule has 2 N–H and O–H groups in total. The Morgan fingerprint density at radius 3 is 2.29 bits per heavy atom. The number of nitrogens with zero attached hydrogens (tertiary/aromatic N) is 1. The molecule has 5 heteroatoms. The number of H-pyrrole nitrogens is 1. The Labute approximate surface area is 82.9 Å². The number of hydrogen-bond acceptors (Lipinski definition) is 2. The van der Waals surface area contributed by atoms with E-state index in [9.17, 15) is 8.78 Å². The fourth-order valence-corrected chi connectivity index (χ4v) is 0.818. The summed E-state index contributed by atoms with van der Waals surface area (Å²) in [5.74, 6) is 0.459. The quantitative estimate of drug-likeness (QED) is 0.795. The van der Waals surface area contributed by atoms with E-state index in [2.05, 4.69) is 15.5 Å². The van der Waals surface area contributed by atoms with Gasteiger partial charge < -0.3 is 5.32 Å². The van der Waals surface area contributed by atoms with Crippen LogP contribution < -0.4 is 5.32 Å². The molecule has 0 radical (unpaired) electrons. The average Bonchev–Trinajstić information content (AvgIpc) is 2.55. The summed E-state index contributed by atoms with van der Waals surface area (Å²) in [7, 11) is 0. The van der Waals surface area contributed by atoms with Gasteiger partial charge in [-0.25, -0.2) is 8.78 Å². The summed E-state index contributed by atoms with van der Waals surface area (Å²) < 4.78 is 24.0. The van der Waals surface area contributed by atoms with Gasteiger partial charge in [0.05, 0.1) is 0 Å². The number of hydrogen-bond donors (Lipinski definition) is 2. The lowest BCUT2D eigenvalue weighted by Crippen LogP contribution is -2.09. The van der Waals surface area contributed by atoms with Gasteiger partial charge in [-0.15, -0.1) is 0 Å². The van der Waals surface area contributed by atoms with Gasteiger partial charge in [0.25, 0.3) is 6.43 Å². The lowest BCUT2D eigenvalue weighted by atomic mass is 10.4. The molecule has 14 heavy (non-hydrogen) atoms. The van der Waals surface area contributed by atoms with E-state index in [1.54, 1.807) is 0 Å². The summed E-state index contributed by atoms with van der Waals surface area (Å²) >= 11 is 0. The molecule has 0 fully saturated rings. The van der Waals surface area contributed by atoms with Crippen LogP contribution in [0.2, 0.25) is 0 Å². The maximum absolute atomic E-state index is 12.0. The van der Waals surface area contributed by atoms with Gasteiger partial charge in [0, 0.05) is 12.1 Å². The molecular weight excluding hydrogens is 188 g/mol. The van der Waals surface area contributed by atoms with E-state index in [4.69, 9.17) is 0 Å². The number of aromatic amines is 1. The number of aromatic nitrogens is 2. The second-order valence-electron chi connectivity index (χ2n) is 2.81. The normalized spacial score (nSPS) is 10.0. The summed E-state index contributed by atoms with van der Waals surface area (Å²) in [6.07, 6.45) is -2.49. The first kappa shape index (κ1) is 12.9. The Bertz CT molecular complexity index is 246. The predicted molar refractivity (Wildman–Crippen MR) is 53.7 cm³/mol. The zero-order valence-corrected chi connectivity index (χ0v) is 8.94. The van der Waals surface area contributed by atoms with Crippen molar-refractivity contribution >= 4 is 5.82 Å². The van der Waals surface area contributed by atoms with E-state index in [0.29, 0.717) is 5.82 Å². The van der Waals surface area contributed by atoms with Crippen molar-refractivity contribution in [3.63, 3.8) is 0 Å². The van der Waals surface area contributed by atoms with Crippen LogP contribution in [-0.2, 0) is 0 Å². The molecule has 0 bridgehead atoms. The van der Waals surface area contributed by atoms with Crippen LogP contribution in [0.25, 0.3) is 0 Å². The van der Waals surface area contributed by atoms with Gasteiger partial charge in [0.2, 0.25) is 0 Å². The van der Waals surface area contributed by atoms with Crippen molar-refractivity contribution in [2.75, 3.05) is 5.32 Å². The number of halogens is 2.